The maximum absolute atomic E-state index is 5.33. The first-order valence-electron chi connectivity index (χ1n) is 34.7. The Balaban J connectivity index is 0.000000609. The van der Waals surface area contributed by atoms with Gasteiger partial charge >= 0.3 is 51.7 Å². The van der Waals surface area contributed by atoms with Gasteiger partial charge in [-0.05, 0) is 53.0 Å². The molecule has 0 saturated heterocycles. The monoisotopic (exact) mass is 1710 g/mol. The van der Waals surface area contributed by atoms with Gasteiger partial charge in [-0.15, -0.1) is 90.6 Å². The van der Waals surface area contributed by atoms with Crippen molar-refractivity contribution in [1.82, 2.24) is 19.6 Å². The van der Waals surface area contributed by atoms with E-state index in [1.807, 2.05) is 248 Å². The van der Waals surface area contributed by atoms with Gasteiger partial charge in [0.25, 0.3) is 0 Å². The first kappa shape index (κ1) is 91.3. The molecule has 2 unspecified atom stereocenters. The van der Waals surface area contributed by atoms with Crippen molar-refractivity contribution in [3.05, 3.63) is 400 Å². The van der Waals surface area contributed by atoms with Gasteiger partial charge in [0.15, 0.2) is 0 Å². The predicted molar refractivity (Wildman–Crippen MR) is 440 cm³/mol. The zero-order valence-electron chi connectivity index (χ0n) is 64.0. The number of aryl methyl sites for hydroxylation is 2. The summed E-state index contributed by atoms with van der Waals surface area (Å²) in [5.41, 5.74) is 17.8. The van der Waals surface area contributed by atoms with E-state index in [-0.39, 0.29) is 63.8 Å². The molecule has 6 nitrogen and oxygen atoms in total. The summed E-state index contributed by atoms with van der Waals surface area (Å²) in [5, 5.41) is 18.7. The van der Waals surface area contributed by atoms with Crippen LogP contribution in [-0.4, -0.2) is 35.7 Å². The molecule has 0 aliphatic heterocycles. The number of para-hydroxylation sites is 2. The number of hydrogen-bond acceptors (Lipinski definition) is 3. The van der Waals surface area contributed by atoms with Crippen LogP contribution in [0.15, 0.2) is 273 Å². The fourth-order valence-corrected chi connectivity index (χ4v) is 12.9. The number of benzene rings is 9. The van der Waals surface area contributed by atoms with Crippen LogP contribution in [0.25, 0.3) is 5.32 Å². The molecule has 0 spiro atoms. The average molecular weight is 1710 g/mol. The third-order valence-electron chi connectivity index (χ3n) is 15.0. The third kappa shape index (κ3) is 40.5. The van der Waals surface area contributed by atoms with E-state index in [0.29, 0.717) is 23.7 Å². The number of rotatable bonds is 14. The molecule has 10 heteroatoms. The standard InChI is InChI=1S/C21H35N3Si.C21H34N3Si.7C7H7.2Hf/c2*1-15(2)17-10-9-11-18(16(3)4)21(17)22-20(14-25(6,7)8)19-12-13-24(5)23-19;7*1-7-5-3-2-4-6-7;;/h9-13,15-16,20,22H,14H2,1-8H3;9-13,15-16,20H,14H2,1-8H3;7*2-6H,1H2;;/q;8*-1;2*+4. The molecule has 101 heavy (non-hydrogen) atoms. The van der Waals surface area contributed by atoms with Crippen molar-refractivity contribution in [2.75, 3.05) is 5.32 Å². The van der Waals surface area contributed by atoms with E-state index in [1.54, 1.807) is 0 Å². The molecule has 1 N–H and O–H groups in total. The van der Waals surface area contributed by atoms with Crippen LogP contribution in [0.3, 0.4) is 0 Å². The van der Waals surface area contributed by atoms with Crippen molar-refractivity contribution in [1.29, 1.82) is 0 Å². The van der Waals surface area contributed by atoms with E-state index in [4.69, 9.17) is 10.4 Å². The summed E-state index contributed by atoms with van der Waals surface area (Å²) in [6.45, 7) is 58.7. The first-order valence-corrected chi connectivity index (χ1v) is 42.1. The summed E-state index contributed by atoms with van der Waals surface area (Å²) in [5.74, 6) is 1.93. The first-order chi connectivity index (χ1) is 46.9. The Bertz CT molecular complexity index is 3270. The van der Waals surface area contributed by atoms with E-state index in [0.717, 1.165) is 56.4 Å². The molecule has 0 aliphatic carbocycles. The minimum absolute atomic E-state index is 0. The molecule has 0 radical (unpaired) electrons. The van der Waals surface area contributed by atoms with Crippen LogP contribution < -0.4 is 5.32 Å². The van der Waals surface area contributed by atoms with Gasteiger partial charge in [-0.1, -0.05) is 197 Å². The maximum atomic E-state index is 5.33. The van der Waals surface area contributed by atoms with E-state index >= 15 is 0 Å². The van der Waals surface area contributed by atoms with E-state index < -0.39 is 16.1 Å². The fraction of sp³-hybridized carbons (Fsp3) is 0.264. The smallest absolute Gasteiger partial charge is 0.677 e. The normalized spacial score (nSPS) is 10.9. The molecule has 2 atom stereocenters. The minimum Gasteiger partial charge on any atom is -0.677 e. The molecule has 0 bridgehead atoms. The fourth-order valence-electron chi connectivity index (χ4n) is 9.92. The van der Waals surface area contributed by atoms with Crippen LogP contribution in [0.2, 0.25) is 51.4 Å². The van der Waals surface area contributed by atoms with Crippen LogP contribution in [0.1, 0.15) is 164 Å². The molecule has 0 saturated carbocycles. The summed E-state index contributed by atoms with van der Waals surface area (Å²) in [4.78, 5) is 0. The summed E-state index contributed by atoms with van der Waals surface area (Å²) in [7, 11) is 1.45. The van der Waals surface area contributed by atoms with E-state index in [2.05, 4.69) is 202 Å². The molecule has 528 valence electrons. The molecule has 0 amide bonds. The van der Waals surface area contributed by atoms with E-state index in [9.17, 15) is 0 Å². The third-order valence-corrected chi connectivity index (χ3v) is 18.3. The number of hydrogen-bond donors (Lipinski definition) is 1. The molecule has 9 aromatic carbocycles. The van der Waals surface area contributed by atoms with Crippen molar-refractivity contribution in [3.8, 4) is 0 Å². The SMILES string of the molecule is CC(C)c1cccc(C(C)C)c1NC(C[Si](C)(C)C)c1ccn(C)n1.CC(C)c1cccc(C(C)C)c1[N-]C(C[Si](C)(C)C)c1ccn(C)n1.[CH2-]c1ccccc1.[CH2-]c1ccccc1.[CH2-]c1ccccc1.[CH2-]c1ccccc1.[CH2-]c1ccccc1.[CH2-]c1ccccc1.[CH2-]c1ccccc1.[Hf+4].[Hf+4]. The van der Waals surface area contributed by atoms with Gasteiger partial charge in [0.1, 0.15) is 0 Å². The van der Waals surface area contributed by atoms with Crippen molar-refractivity contribution in [3.63, 3.8) is 0 Å². The van der Waals surface area contributed by atoms with Crippen LogP contribution in [-0.2, 0) is 65.8 Å². The van der Waals surface area contributed by atoms with Crippen LogP contribution >= 0.6 is 0 Å². The van der Waals surface area contributed by atoms with Gasteiger partial charge in [0.2, 0.25) is 0 Å². The molecule has 11 aromatic rings. The Morgan fingerprint density at radius 3 is 0.762 bits per heavy atom. The molecular weight excluding hydrogens is 1590 g/mol. The Morgan fingerprint density at radius 2 is 0.564 bits per heavy atom. The van der Waals surface area contributed by atoms with Crippen LogP contribution in [0.4, 0.5) is 11.4 Å². The maximum Gasteiger partial charge on any atom is 4.00 e. The van der Waals surface area contributed by atoms with Crippen molar-refractivity contribution < 1.29 is 51.7 Å². The Labute approximate surface area is 654 Å². The van der Waals surface area contributed by atoms with Gasteiger partial charge in [-0.3, -0.25) is 9.36 Å². The zero-order chi connectivity index (χ0) is 73.3. The second kappa shape index (κ2) is 49.8. The van der Waals surface area contributed by atoms with Crippen molar-refractivity contribution in [2.24, 2.45) is 14.1 Å². The number of nitrogens with one attached hydrogen (secondary N) is 1. The minimum atomic E-state index is -1.28. The van der Waals surface area contributed by atoms with Crippen molar-refractivity contribution >= 4 is 27.5 Å². The number of aromatic nitrogens is 4. The molecule has 0 fully saturated rings. The van der Waals surface area contributed by atoms with Crippen LogP contribution in [0.5, 0.6) is 0 Å². The average Bonchev–Trinajstić information content (AvgIpc) is 1.66. The quantitative estimate of drug-likeness (QED) is 0.0872. The van der Waals surface area contributed by atoms with Gasteiger partial charge in [-0.2, -0.15) is 183 Å². The molecule has 0 aliphatic rings. The van der Waals surface area contributed by atoms with Crippen LogP contribution in [0, 0.1) is 48.5 Å². The summed E-state index contributed by atoms with van der Waals surface area (Å²) in [6.07, 6.45) is 4.08. The second-order valence-electron chi connectivity index (χ2n) is 28.3. The summed E-state index contributed by atoms with van der Waals surface area (Å²) in [6, 6.07) is 89.5. The van der Waals surface area contributed by atoms with Crippen molar-refractivity contribution in [2.45, 2.75) is 143 Å². The Hall–Kier alpha value is -7.74. The molecule has 11 rings (SSSR count). The summed E-state index contributed by atoms with van der Waals surface area (Å²) < 4.78 is 3.80. The Morgan fingerprint density at radius 1 is 0.327 bits per heavy atom. The largest absolute Gasteiger partial charge is 4.00 e. The van der Waals surface area contributed by atoms with Gasteiger partial charge in [-0.25, -0.2) is 0 Å². The Kier molecular flexibility index (Phi) is 45.0. The molecule has 2 aromatic heterocycles. The molecule has 2 heterocycles. The number of nitrogens with zero attached hydrogens (tertiary/aromatic N) is 5. The van der Waals surface area contributed by atoms with E-state index in [1.165, 1.54) is 39.7 Å². The number of anilines is 1. The summed E-state index contributed by atoms with van der Waals surface area (Å²) >= 11 is 0. The molecular formula is C91H118Hf2N6Si2. The van der Waals surface area contributed by atoms with Gasteiger partial charge in [0.05, 0.1) is 11.7 Å². The zero-order valence-corrected chi connectivity index (χ0v) is 73.2. The second-order valence-corrected chi connectivity index (χ2v) is 39.4. The predicted octanol–water partition coefficient (Wildman–Crippen LogP) is 26.0. The van der Waals surface area contributed by atoms with Gasteiger partial charge in [0, 0.05) is 54.0 Å². The van der Waals surface area contributed by atoms with Gasteiger partial charge < -0.3 is 10.6 Å². The topological polar surface area (TPSA) is 61.8 Å².